The molecule has 19 heavy (non-hydrogen) atoms. The molecule has 1 saturated carbocycles. The standard InChI is InChI=1S/C15H29N3O/c1-13(11-16)12-17-7-9-18(10-8-17)15(19)14-5-3-2-4-6-14/h13-14H,2-12,16H2,1H3. The summed E-state index contributed by atoms with van der Waals surface area (Å²) in [5.41, 5.74) is 5.67. The van der Waals surface area contributed by atoms with Crippen molar-refractivity contribution in [2.45, 2.75) is 39.0 Å². The molecule has 2 rings (SSSR count). The Labute approximate surface area is 117 Å². The average Bonchev–Trinajstić information content (AvgIpc) is 2.48. The van der Waals surface area contributed by atoms with Crippen LogP contribution in [0, 0.1) is 11.8 Å². The molecule has 0 bridgehead atoms. The number of carbonyl (C=O) groups excluding carboxylic acids is 1. The predicted molar refractivity (Wildman–Crippen MR) is 77.8 cm³/mol. The molecule has 110 valence electrons. The van der Waals surface area contributed by atoms with E-state index in [1.807, 2.05) is 0 Å². The number of hydrogen-bond acceptors (Lipinski definition) is 3. The molecule has 4 heteroatoms. The molecule has 1 heterocycles. The van der Waals surface area contributed by atoms with Crippen LogP contribution in [0.3, 0.4) is 0 Å². The molecule has 2 fully saturated rings. The van der Waals surface area contributed by atoms with Gasteiger partial charge in [-0.2, -0.15) is 0 Å². The SMILES string of the molecule is CC(CN)CN1CCN(C(=O)C2CCCCC2)CC1. The Morgan fingerprint density at radius 3 is 2.37 bits per heavy atom. The first-order valence-corrected chi connectivity index (χ1v) is 7.92. The van der Waals surface area contributed by atoms with Crippen molar-refractivity contribution in [2.75, 3.05) is 39.3 Å². The molecule has 0 aromatic rings. The molecule has 0 radical (unpaired) electrons. The third-order valence-electron chi connectivity index (χ3n) is 4.61. The van der Waals surface area contributed by atoms with Crippen molar-refractivity contribution in [2.24, 2.45) is 17.6 Å². The molecule has 1 saturated heterocycles. The molecule has 0 aromatic heterocycles. The van der Waals surface area contributed by atoms with E-state index >= 15 is 0 Å². The van der Waals surface area contributed by atoms with Crippen molar-refractivity contribution >= 4 is 5.91 Å². The van der Waals surface area contributed by atoms with E-state index < -0.39 is 0 Å². The number of carbonyl (C=O) groups is 1. The van der Waals surface area contributed by atoms with Gasteiger partial charge in [-0.05, 0) is 25.3 Å². The van der Waals surface area contributed by atoms with Crippen LogP contribution < -0.4 is 5.73 Å². The second kappa shape index (κ2) is 7.25. The zero-order valence-corrected chi connectivity index (χ0v) is 12.3. The lowest BCUT2D eigenvalue weighted by Gasteiger charge is -2.38. The van der Waals surface area contributed by atoms with Crippen LogP contribution in [0.4, 0.5) is 0 Å². The lowest BCUT2D eigenvalue weighted by molar-refractivity contribution is -0.138. The summed E-state index contributed by atoms with van der Waals surface area (Å²) in [4.78, 5) is 17.0. The van der Waals surface area contributed by atoms with Gasteiger partial charge in [0.15, 0.2) is 0 Å². The maximum Gasteiger partial charge on any atom is 0.225 e. The molecule has 2 N–H and O–H groups in total. The van der Waals surface area contributed by atoms with Crippen LogP contribution in [0.15, 0.2) is 0 Å². The van der Waals surface area contributed by atoms with Gasteiger partial charge in [-0.1, -0.05) is 26.2 Å². The molecule has 0 spiro atoms. The quantitative estimate of drug-likeness (QED) is 0.835. The van der Waals surface area contributed by atoms with Crippen molar-refractivity contribution < 1.29 is 4.79 Å². The van der Waals surface area contributed by atoms with Gasteiger partial charge in [-0.3, -0.25) is 9.69 Å². The Morgan fingerprint density at radius 1 is 1.16 bits per heavy atom. The summed E-state index contributed by atoms with van der Waals surface area (Å²) in [6.45, 7) is 7.87. The molecule has 0 aromatic carbocycles. The summed E-state index contributed by atoms with van der Waals surface area (Å²) >= 11 is 0. The van der Waals surface area contributed by atoms with Gasteiger partial charge in [-0.25, -0.2) is 0 Å². The van der Waals surface area contributed by atoms with Crippen LogP contribution in [0.2, 0.25) is 0 Å². The minimum Gasteiger partial charge on any atom is -0.340 e. The lowest BCUT2D eigenvalue weighted by Crippen LogP contribution is -2.51. The number of piperazine rings is 1. The van der Waals surface area contributed by atoms with E-state index in [0.29, 0.717) is 17.7 Å². The van der Waals surface area contributed by atoms with Gasteiger partial charge in [-0.15, -0.1) is 0 Å². The fraction of sp³-hybridized carbons (Fsp3) is 0.933. The third kappa shape index (κ3) is 4.18. The first-order chi connectivity index (χ1) is 9.20. The van der Waals surface area contributed by atoms with E-state index in [1.54, 1.807) is 0 Å². The molecular weight excluding hydrogens is 238 g/mol. The van der Waals surface area contributed by atoms with Gasteiger partial charge in [0.25, 0.3) is 0 Å². The molecular formula is C15H29N3O. The van der Waals surface area contributed by atoms with Crippen LogP contribution in [0.1, 0.15) is 39.0 Å². The van der Waals surface area contributed by atoms with Crippen molar-refractivity contribution in [3.8, 4) is 0 Å². The summed E-state index contributed by atoms with van der Waals surface area (Å²) in [5, 5.41) is 0. The summed E-state index contributed by atoms with van der Waals surface area (Å²) in [7, 11) is 0. The molecule has 1 unspecified atom stereocenters. The van der Waals surface area contributed by atoms with Gasteiger partial charge in [0.2, 0.25) is 5.91 Å². The number of nitrogens with zero attached hydrogens (tertiary/aromatic N) is 2. The zero-order valence-electron chi connectivity index (χ0n) is 12.3. The average molecular weight is 267 g/mol. The van der Waals surface area contributed by atoms with Gasteiger partial charge < -0.3 is 10.6 Å². The van der Waals surface area contributed by atoms with Crippen LogP contribution in [-0.4, -0.2) is 55.0 Å². The van der Waals surface area contributed by atoms with Crippen LogP contribution in [0.25, 0.3) is 0 Å². The topological polar surface area (TPSA) is 49.6 Å². The Hall–Kier alpha value is -0.610. The number of amides is 1. The van der Waals surface area contributed by atoms with Crippen molar-refractivity contribution in [1.29, 1.82) is 0 Å². The van der Waals surface area contributed by atoms with Crippen molar-refractivity contribution in [3.63, 3.8) is 0 Å². The van der Waals surface area contributed by atoms with E-state index in [-0.39, 0.29) is 0 Å². The smallest absolute Gasteiger partial charge is 0.225 e. The maximum atomic E-state index is 12.4. The predicted octanol–water partition coefficient (Wildman–Crippen LogP) is 1.31. The van der Waals surface area contributed by atoms with Crippen LogP contribution >= 0.6 is 0 Å². The first-order valence-electron chi connectivity index (χ1n) is 7.92. The normalized spacial score (nSPS) is 24.4. The first kappa shape index (κ1) is 14.8. The minimum absolute atomic E-state index is 0.322. The lowest BCUT2D eigenvalue weighted by atomic mass is 9.88. The minimum atomic E-state index is 0.322. The number of hydrogen-bond donors (Lipinski definition) is 1. The van der Waals surface area contributed by atoms with Gasteiger partial charge in [0, 0.05) is 38.6 Å². The van der Waals surface area contributed by atoms with E-state index in [0.717, 1.165) is 52.1 Å². The van der Waals surface area contributed by atoms with Crippen molar-refractivity contribution in [1.82, 2.24) is 9.80 Å². The Bertz CT molecular complexity index is 281. The molecule has 1 aliphatic heterocycles. The molecule has 1 amide bonds. The highest BCUT2D eigenvalue weighted by atomic mass is 16.2. The molecule has 4 nitrogen and oxygen atoms in total. The highest BCUT2D eigenvalue weighted by Gasteiger charge is 2.28. The summed E-state index contributed by atoms with van der Waals surface area (Å²) in [6.07, 6.45) is 6.02. The second-order valence-electron chi connectivity index (χ2n) is 6.30. The summed E-state index contributed by atoms with van der Waals surface area (Å²) in [5.74, 6) is 1.30. The zero-order chi connectivity index (χ0) is 13.7. The highest BCUT2D eigenvalue weighted by Crippen LogP contribution is 2.25. The molecule has 1 aliphatic carbocycles. The fourth-order valence-electron chi connectivity index (χ4n) is 3.27. The Kier molecular flexibility index (Phi) is 5.64. The van der Waals surface area contributed by atoms with E-state index in [4.69, 9.17) is 5.73 Å². The van der Waals surface area contributed by atoms with E-state index in [9.17, 15) is 4.79 Å². The summed E-state index contributed by atoms with van der Waals surface area (Å²) in [6, 6.07) is 0. The van der Waals surface area contributed by atoms with E-state index in [2.05, 4.69) is 16.7 Å². The highest BCUT2D eigenvalue weighted by molar-refractivity contribution is 5.79. The van der Waals surface area contributed by atoms with Gasteiger partial charge in [0.05, 0.1) is 0 Å². The third-order valence-corrected chi connectivity index (χ3v) is 4.61. The Balaban J connectivity index is 1.74. The van der Waals surface area contributed by atoms with Crippen LogP contribution in [-0.2, 0) is 4.79 Å². The molecule has 1 atom stereocenters. The largest absolute Gasteiger partial charge is 0.340 e. The Morgan fingerprint density at radius 2 is 1.79 bits per heavy atom. The molecule has 2 aliphatic rings. The van der Waals surface area contributed by atoms with Crippen LogP contribution in [0.5, 0.6) is 0 Å². The monoisotopic (exact) mass is 267 g/mol. The fourth-order valence-corrected chi connectivity index (χ4v) is 3.27. The maximum absolute atomic E-state index is 12.4. The second-order valence-corrected chi connectivity index (χ2v) is 6.30. The van der Waals surface area contributed by atoms with E-state index in [1.165, 1.54) is 19.3 Å². The van der Waals surface area contributed by atoms with Crippen molar-refractivity contribution in [3.05, 3.63) is 0 Å². The number of nitrogens with two attached hydrogens (primary N) is 1. The van der Waals surface area contributed by atoms with Gasteiger partial charge in [0.1, 0.15) is 0 Å². The van der Waals surface area contributed by atoms with Gasteiger partial charge >= 0.3 is 0 Å². The number of rotatable bonds is 4. The summed E-state index contributed by atoms with van der Waals surface area (Å²) < 4.78 is 0.